The van der Waals surface area contributed by atoms with Gasteiger partial charge in [-0.3, -0.25) is 13.9 Å². The molecule has 0 saturated carbocycles. The maximum absolute atomic E-state index is 11.8. The van der Waals surface area contributed by atoms with Crippen LogP contribution in [-0.4, -0.2) is 74.2 Å². The number of aliphatic hydroxyl groups excluding tert-OH is 2. The van der Waals surface area contributed by atoms with E-state index in [1.807, 2.05) is 0 Å². The van der Waals surface area contributed by atoms with Crippen molar-refractivity contribution in [3.8, 4) is 0 Å². The van der Waals surface area contributed by atoms with E-state index in [-0.39, 0.29) is 30.6 Å². The van der Waals surface area contributed by atoms with Gasteiger partial charge < -0.3 is 39.5 Å². The van der Waals surface area contributed by atoms with Gasteiger partial charge in [0, 0.05) is 19.5 Å². The van der Waals surface area contributed by atoms with Crippen molar-refractivity contribution in [2.45, 2.75) is 24.5 Å². The molecule has 1 fully saturated rings. The van der Waals surface area contributed by atoms with Crippen LogP contribution in [0.4, 0.5) is 0 Å². The smallest absolute Gasteiger partial charge is 0.387 e. The van der Waals surface area contributed by atoms with E-state index in [0.717, 1.165) is 17.2 Å². The number of imidazole rings is 1. The number of H-pyrrole nitrogens is 1. The van der Waals surface area contributed by atoms with Crippen molar-refractivity contribution < 1.29 is 80.8 Å². The molecule has 1 saturated heterocycles. The molecular formula is C10H15N4O14P3Zn. The first kappa shape index (κ1) is 27.5. The van der Waals surface area contributed by atoms with Crippen molar-refractivity contribution >= 4 is 34.6 Å². The predicted octanol–water partition coefficient (Wildman–Crippen LogP) is -1.92. The van der Waals surface area contributed by atoms with Crippen LogP contribution >= 0.6 is 23.5 Å². The zero-order chi connectivity index (χ0) is 23.2. The van der Waals surface area contributed by atoms with Gasteiger partial charge in [-0.15, -0.1) is 0 Å². The summed E-state index contributed by atoms with van der Waals surface area (Å²) in [4.78, 5) is 57.2. The van der Waals surface area contributed by atoms with Gasteiger partial charge in [0.2, 0.25) is 0 Å². The maximum atomic E-state index is 11.8. The van der Waals surface area contributed by atoms with Crippen molar-refractivity contribution in [2.24, 2.45) is 0 Å². The molecule has 0 aliphatic carbocycles. The fraction of sp³-hybridized carbons (Fsp3) is 0.500. The molecule has 1 aliphatic rings. The minimum absolute atomic E-state index is 0. The second kappa shape index (κ2) is 9.86. The Hall–Kier alpha value is -0.737. The van der Waals surface area contributed by atoms with Crippen LogP contribution in [0.1, 0.15) is 6.23 Å². The zero-order valence-corrected chi connectivity index (χ0v) is 21.2. The van der Waals surface area contributed by atoms with Crippen molar-refractivity contribution in [3.05, 3.63) is 23.0 Å². The van der Waals surface area contributed by atoms with Crippen molar-refractivity contribution in [1.82, 2.24) is 19.5 Å². The van der Waals surface area contributed by atoms with E-state index < -0.39 is 60.2 Å². The number of aromatic amines is 1. The molecule has 0 amide bonds. The zero-order valence-electron chi connectivity index (χ0n) is 15.5. The van der Waals surface area contributed by atoms with Gasteiger partial charge in [-0.05, 0) is 0 Å². The number of hydrogen-bond donors (Lipinski definition) is 7. The van der Waals surface area contributed by atoms with Crippen molar-refractivity contribution in [3.63, 3.8) is 0 Å². The molecule has 0 bridgehead atoms. The molecule has 18 nitrogen and oxygen atoms in total. The van der Waals surface area contributed by atoms with Gasteiger partial charge in [0.05, 0.1) is 19.3 Å². The summed E-state index contributed by atoms with van der Waals surface area (Å²) in [5.41, 5.74) is -0.681. The van der Waals surface area contributed by atoms with E-state index in [9.17, 15) is 33.6 Å². The summed E-state index contributed by atoms with van der Waals surface area (Å²) in [6.07, 6.45) is -4.05. The minimum atomic E-state index is -5.72. The minimum Gasteiger partial charge on any atom is -0.387 e. The molecule has 7 N–H and O–H groups in total. The topological polar surface area (TPSA) is 273 Å². The second-order valence-corrected chi connectivity index (χ2v) is 10.4. The van der Waals surface area contributed by atoms with E-state index in [0.29, 0.717) is 0 Å². The van der Waals surface area contributed by atoms with Crippen LogP contribution < -0.4 is 5.56 Å². The van der Waals surface area contributed by atoms with Gasteiger partial charge >= 0.3 is 23.5 Å². The molecule has 176 valence electrons. The van der Waals surface area contributed by atoms with E-state index in [4.69, 9.17) is 19.4 Å². The summed E-state index contributed by atoms with van der Waals surface area (Å²) in [5.74, 6) is 0. The molecule has 6 atom stereocenters. The van der Waals surface area contributed by atoms with Crippen LogP contribution in [0.3, 0.4) is 0 Å². The summed E-state index contributed by atoms with van der Waals surface area (Å²) in [6.45, 7) is -0.987. The van der Waals surface area contributed by atoms with E-state index in [2.05, 4.69) is 28.1 Å². The number of rotatable bonds is 8. The normalized spacial score (nSPS) is 27.6. The van der Waals surface area contributed by atoms with Gasteiger partial charge in [0.25, 0.3) is 5.56 Å². The predicted molar refractivity (Wildman–Crippen MR) is 93.9 cm³/mol. The molecular weight excluding hydrogens is 558 g/mol. The van der Waals surface area contributed by atoms with Gasteiger partial charge in [-0.1, -0.05) is 0 Å². The molecule has 22 heteroatoms. The first-order chi connectivity index (χ1) is 14.2. The third kappa shape index (κ3) is 6.44. The third-order valence-corrected chi connectivity index (χ3v) is 7.60. The number of nitrogens with one attached hydrogen (secondary N) is 1. The molecule has 3 rings (SSSR count). The fourth-order valence-corrected chi connectivity index (χ4v) is 5.65. The Bertz CT molecular complexity index is 1170. The molecule has 0 aromatic carbocycles. The SMILES string of the molecule is O=c1[nH]cnc2c1ncn2[C@@H]1O[C@H](COP(=O)(O)OP(=O)(O)OP(=O)(O)O)[C@@H](O)[C@H]1O.[Zn]. The number of aliphatic hydroxyl groups is 2. The number of phosphoric acid groups is 3. The molecule has 3 heterocycles. The number of aromatic nitrogens is 4. The van der Waals surface area contributed by atoms with Crippen LogP contribution in [0.2, 0.25) is 0 Å². The number of nitrogens with zero attached hydrogens (tertiary/aromatic N) is 3. The Balaban J connectivity index is 0.00000363. The first-order valence-corrected chi connectivity index (χ1v) is 12.4. The average molecular weight is 574 g/mol. The summed E-state index contributed by atoms with van der Waals surface area (Å²) < 4.78 is 51.6. The second-order valence-electron chi connectivity index (χ2n) is 5.99. The quantitative estimate of drug-likeness (QED) is 0.134. The summed E-state index contributed by atoms with van der Waals surface area (Å²) in [7, 11) is -16.7. The average Bonchev–Trinajstić information content (AvgIpc) is 3.13. The summed E-state index contributed by atoms with van der Waals surface area (Å²) in [5, 5.41) is 20.3. The maximum Gasteiger partial charge on any atom is 0.490 e. The molecule has 0 spiro atoms. The molecule has 2 aromatic rings. The Labute approximate surface area is 189 Å². The Morgan fingerprint density at radius 1 is 1.06 bits per heavy atom. The Morgan fingerprint density at radius 2 is 1.72 bits per heavy atom. The van der Waals surface area contributed by atoms with E-state index in [1.54, 1.807) is 0 Å². The molecule has 32 heavy (non-hydrogen) atoms. The van der Waals surface area contributed by atoms with Crippen molar-refractivity contribution in [2.75, 3.05) is 6.61 Å². The number of phosphoric ester groups is 1. The first-order valence-electron chi connectivity index (χ1n) is 7.89. The summed E-state index contributed by atoms with van der Waals surface area (Å²) in [6, 6.07) is 0. The molecule has 2 aromatic heterocycles. The summed E-state index contributed by atoms with van der Waals surface area (Å²) >= 11 is 0. The molecule has 2 unspecified atom stereocenters. The van der Waals surface area contributed by atoms with Gasteiger partial charge in [-0.2, -0.15) is 8.62 Å². The van der Waals surface area contributed by atoms with Gasteiger partial charge in [0.15, 0.2) is 17.4 Å². The van der Waals surface area contributed by atoms with Crippen LogP contribution in [-0.2, 0) is 51.1 Å². The Kier molecular flexibility index (Phi) is 8.48. The van der Waals surface area contributed by atoms with Gasteiger partial charge in [-0.25, -0.2) is 23.7 Å². The number of fused-ring (bicyclic) bond motifs is 1. The van der Waals surface area contributed by atoms with Crippen LogP contribution in [0.5, 0.6) is 0 Å². The third-order valence-electron chi connectivity index (χ3n) is 3.79. The van der Waals surface area contributed by atoms with Crippen LogP contribution in [0.15, 0.2) is 17.4 Å². The molecule has 1 aliphatic heterocycles. The fourth-order valence-electron chi connectivity index (χ4n) is 2.62. The monoisotopic (exact) mass is 572 g/mol. The largest absolute Gasteiger partial charge is 0.490 e. The standard InChI is InChI=1S/C10H15N4O14P3.Zn/c15-6-4(1-25-30(21,22)28-31(23,24)27-29(18,19)20)26-10(7(6)16)14-3-13-5-8(14)11-2-12-9(5)17;/h2-4,6-7,10,15-16H,1H2,(H,21,22)(H,23,24)(H,11,12,17)(H2,18,19,20);/t4-,6-,7-,10-;/m1./s1. The molecule has 0 radical (unpaired) electrons. The Morgan fingerprint density at radius 3 is 2.34 bits per heavy atom. The van der Waals surface area contributed by atoms with Crippen molar-refractivity contribution in [1.29, 1.82) is 0 Å². The van der Waals surface area contributed by atoms with E-state index in [1.165, 1.54) is 0 Å². The number of ether oxygens (including phenoxy) is 1. The van der Waals surface area contributed by atoms with E-state index >= 15 is 0 Å². The van der Waals surface area contributed by atoms with Crippen LogP contribution in [0, 0.1) is 0 Å². The number of hydrogen-bond acceptors (Lipinski definition) is 12. The van der Waals surface area contributed by atoms with Gasteiger partial charge in [0.1, 0.15) is 18.3 Å². The van der Waals surface area contributed by atoms with Crippen LogP contribution in [0.25, 0.3) is 11.2 Å².